The fourth-order valence-corrected chi connectivity index (χ4v) is 1.95. The molecule has 1 amide bonds. The summed E-state index contributed by atoms with van der Waals surface area (Å²) in [6.45, 7) is 1.01. The fraction of sp³-hybridized carbons (Fsp3) is 0.429. The number of anilines is 1. The van der Waals surface area contributed by atoms with Crippen molar-refractivity contribution in [3.63, 3.8) is 0 Å². The third-order valence-electron chi connectivity index (χ3n) is 3.03. The van der Waals surface area contributed by atoms with Crippen LogP contribution in [-0.2, 0) is 4.79 Å². The largest absolute Gasteiger partial charge is 0.393 e. The lowest BCUT2D eigenvalue weighted by Gasteiger charge is -2.24. The van der Waals surface area contributed by atoms with Crippen LogP contribution < -0.4 is 16.0 Å². The molecule has 19 heavy (non-hydrogen) atoms. The average molecular weight is 277 g/mol. The average Bonchev–Trinajstić information content (AvgIpc) is 3.19. The van der Waals surface area contributed by atoms with Gasteiger partial charge in [0, 0.05) is 24.7 Å². The van der Waals surface area contributed by atoms with Crippen molar-refractivity contribution < 1.29 is 4.79 Å². The minimum atomic E-state index is 0.0642. The number of para-hydroxylation sites is 1. The summed E-state index contributed by atoms with van der Waals surface area (Å²) in [5, 5.41) is 3.00. The van der Waals surface area contributed by atoms with E-state index in [0.29, 0.717) is 30.5 Å². The Morgan fingerprint density at radius 2 is 2.05 bits per heavy atom. The molecule has 0 bridgehead atoms. The van der Waals surface area contributed by atoms with Crippen molar-refractivity contribution >= 4 is 28.8 Å². The smallest absolute Gasteiger partial charge is 0.239 e. The number of thiocarbonyl (C=S) groups is 1. The van der Waals surface area contributed by atoms with Gasteiger partial charge < -0.3 is 16.0 Å². The van der Waals surface area contributed by atoms with E-state index in [2.05, 4.69) is 5.32 Å². The molecule has 0 unspecified atom stereocenters. The number of benzene rings is 1. The first-order valence-corrected chi connectivity index (χ1v) is 6.93. The Kier molecular flexibility index (Phi) is 4.74. The number of nitrogens with one attached hydrogen (secondary N) is 1. The number of carbonyl (C=O) groups excluding carboxylic acids is 1. The van der Waals surface area contributed by atoms with Crippen LogP contribution >= 0.6 is 12.2 Å². The van der Waals surface area contributed by atoms with Crippen LogP contribution in [0, 0.1) is 0 Å². The predicted octanol–water partition coefficient (Wildman–Crippen LogP) is 1.45. The monoisotopic (exact) mass is 277 g/mol. The van der Waals surface area contributed by atoms with Gasteiger partial charge in [-0.15, -0.1) is 0 Å². The van der Waals surface area contributed by atoms with E-state index in [1.165, 1.54) is 0 Å². The lowest BCUT2D eigenvalue weighted by atomic mass is 10.2. The first-order chi connectivity index (χ1) is 9.15. The molecule has 5 heteroatoms. The molecule has 3 N–H and O–H groups in total. The van der Waals surface area contributed by atoms with Gasteiger partial charge in [-0.25, -0.2) is 0 Å². The second-order valence-electron chi connectivity index (χ2n) is 4.82. The van der Waals surface area contributed by atoms with E-state index in [0.717, 1.165) is 18.5 Å². The Bertz CT molecular complexity index is 445. The summed E-state index contributed by atoms with van der Waals surface area (Å²) in [5.41, 5.74) is 6.56. The number of amides is 1. The highest BCUT2D eigenvalue weighted by Crippen LogP contribution is 2.19. The third-order valence-corrected chi connectivity index (χ3v) is 3.23. The molecule has 0 atom stereocenters. The maximum Gasteiger partial charge on any atom is 0.239 e. The minimum Gasteiger partial charge on any atom is -0.393 e. The Hall–Kier alpha value is -1.62. The van der Waals surface area contributed by atoms with Crippen molar-refractivity contribution in [3.05, 3.63) is 30.3 Å². The zero-order chi connectivity index (χ0) is 13.7. The lowest BCUT2D eigenvalue weighted by molar-refractivity contribution is -0.119. The van der Waals surface area contributed by atoms with Crippen LogP contribution in [0.25, 0.3) is 0 Å². The van der Waals surface area contributed by atoms with Crippen LogP contribution in [0.1, 0.15) is 19.3 Å². The maximum absolute atomic E-state index is 11.9. The molecule has 0 aliphatic heterocycles. The van der Waals surface area contributed by atoms with Gasteiger partial charge in [-0.3, -0.25) is 4.79 Å². The molecule has 0 saturated heterocycles. The van der Waals surface area contributed by atoms with Crippen LogP contribution in [0.15, 0.2) is 30.3 Å². The SMILES string of the molecule is NC(=S)CCN(CC(=O)NC1CC1)c1ccccc1. The number of carbonyl (C=O) groups is 1. The van der Waals surface area contributed by atoms with E-state index in [4.69, 9.17) is 18.0 Å². The highest BCUT2D eigenvalue weighted by molar-refractivity contribution is 7.80. The summed E-state index contributed by atoms with van der Waals surface area (Å²) >= 11 is 4.91. The van der Waals surface area contributed by atoms with Crippen LogP contribution in [0.3, 0.4) is 0 Å². The molecular formula is C14H19N3OS. The van der Waals surface area contributed by atoms with Crippen molar-refractivity contribution in [2.24, 2.45) is 5.73 Å². The first kappa shape index (κ1) is 13.8. The van der Waals surface area contributed by atoms with Gasteiger partial charge in [0.15, 0.2) is 0 Å². The molecule has 1 saturated carbocycles. The number of hydrogen-bond donors (Lipinski definition) is 2. The second-order valence-corrected chi connectivity index (χ2v) is 5.34. The molecule has 1 aliphatic rings. The number of nitrogens with two attached hydrogens (primary N) is 1. The van der Waals surface area contributed by atoms with E-state index in [9.17, 15) is 4.79 Å². The van der Waals surface area contributed by atoms with Crippen LogP contribution in [0.2, 0.25) is 0 Å². The number of rotatable bonds is 7. The Morgan fingerprint density at radius 3 is 2.63 bits per heavy atom. The molecule has 1 aliphatic carbocycles. The molecule has 1 fully saturated rings. The van der Waals surface area contributed by atoms with Crippen LogP contribution in [0.5, 0.6) is 0 Å². The van der Waals surface area contributed by atoms with E-state index in [-0.39, 0.29) is 5.91 Å². The zero-order valence-electron chi connectivity index (χ0n) is 10.8. The van der Waals surface area contributed by atoms with Gasteiger partial charge in [-0.05, 0) is 25.0 Å². The minimum absolute atomic E-state index is 0.0642. The Balaban J connectivity index is 1.96. The normalized spacial score (nSPS) is 13.9. The van der Waals surface area contributed by atoms with Gasteiger partial charge in [-0.1, -0.05) is 30.4 Å². The molecular weight excluding hydrogens is 258 g/mol. The molecule has 102 valence electrons. The van der Waals surface area contributed by atoms with Gasteiger partial charge in [0.2, 0.25) is 5.91 Å². The summed E-state index contributed by atoms with van der Waals surface area (Å²) in [7, 11) is 0. The standard InChI is InChI=1S/C14H19N3OS/c15-13(19)8-9-17(12-4-2-1-3-5-12)10-14(18)16-11-6-7-11/h1-5,11H,6-10H2,(H2,15,19)(H,16,18). The summed E-state index contributed by atoms with van der Waals surface area (Å²) in [5.74, 6) is 0.0642. The molecule has 1 aromatic carbocycles. The number of hydrogen-bond acceptors (Lipinski definition) is 3. The van der Waals surface area contributed by atoms with Crippen LogP contribution in [0.4, 0.5) is 5.69 Å². The summed E-state index contributed by atoms with van der Waals surface area (Å²) in [6.07, 6.45) is 2.81. The van der Waals surface area contributed by atoms with Crippen molar-refractivity contribution in [1.29, 1.82) is 0 Å². The highest BCUT2D eigenvalue weighted by Gasteiger charge is 2.24. The molecule has 0 radical (unpaired) electrons. The van der Waals surface area contributed by atoms with Crippen LogP contribution in [-0.4, -0.2) is 30.0 Å². The molecule has 0 heterocycles. The van der Waals surface area contributed by atoms with Gasteiger partial charge in [0.1, 0.15) is 0 Å². The van der Waals surface area contributed by atoms with E-state index in [1.807, 2.05) is 35.2 Å². The Labute approximate surface area is 119 Å². The van der Waals surface area contributed by atoms with Crippen molar-refractivity contribution in [2.45, 2.75) is 25.3 Å². The molecule has 4 nitrogen and oxygen atoms in total. The quantitative estimate of drug-likeness (QED) is 0.741. The fourth-order valence-electron chi connectivity index (χ4n) is 1.86. The van der Waals surface area contributed by atoms with E-state index in [1.54, 1.807) is 0 Å². The first-order valence-electron chi connectivity index (χ1n) is 6.53. The Morgan fingerprint density at radius 1 is 1.37 bits per heavy atom. The summed E-state index contributed by atoms with van der Waals surface area (Å²) in [6, 6.07) is 10.2. The summed E-state index contributed by atoms with van der Waals surface area (Å²) in [4.78, 5) is 14.4. The van der Waals surface area contributed by atoms with Gasteiger partial charge in [0.25, 0.3) is 0 Å². The van der Waals surface area contributed by atoms with Crippen molar-refractivity contribution in [3.8, 4) is 0 Å². The maximum atomic E-state index is 11.9. The van der Waals surface area contributed by atoms with Crippen molar-refractivity contribution in [2.75, 3.05) is 18.0 Å². The highest BCUT2D eigenvalue weighted by atomic mass is 32.1. The number of nitrogens with zero attached hydrogens (tertiary/aromatic N) is 1. The molecule has 0 spiro atoms. The third kappa shape index (κ3) is 4.87. The second kappa shape index (κ2) is 6.52. The van der Waals surface area contributed by atoms with E-state index >= 15 is 0 Å². The van der Waals surface area contributed by atoms with E-state index < -0.39 is 0 Å². The van der Waals surface area contributed by atoms with Crippen molar-refractivity contribution in [1.82, 2.24) is 5.32 Å². The molecule has 2 rings (SSSR count). The van der Waals surface area contributed by atoms with Gasteiger partial charge in [0.05, 0.1) is 11.5 Å². The lowest BCUT2D eigenvalue weighted by Crippen LogP contribution is -2.39. The molecule has 0 aromatic heterocycles. The van der Waals surface area contributed by atoms with Gasteiger partial charge in [-0.2, -0.15) is 0 Å². The zero-order valence-corrected chi connectivity index (χ0v) is 11.7. The predicted molar refractivity (Wildman–Crippen MR) is 81.2 cm³/mol. The summed E-state index contributed by atoms with van der Waals surface area (Å²) < 4.78 is 0. The van der Waals surface area contributed by atoms with Gasteiger partial charge >= 0.3 is 0 Å². The topological polar surface area (TPSA) is 58.4 Å². The molecule has 1 aromatic rings.